The van der Waals surface area contributed by atoms with E-state index in [1.54, 1.807) is 50.2 Å². The van der Waals surface area contributed by atoms with E-state index in [0.717, 1.165) is 16.1 Å². The summed E-state index contributed by atoms with van der Waals surface area (Å²) in [7, 11) is -2.34. The lowest BCUT2D eigenvalue weighted by Crippen LogP contribution is -2.37. The van der Waals surface area contributed by atoms with E-state index < -0.39 is 28.4 Å². The molecule has 1 N–H and O–H groups in total. The fourth-order valence-electron chi connectivity index (χ4n) is 2.64. The van der Waals surface area contributed by atoms with E-state index in [4.69, 9.17) is 9.47 Å². The molecule has 156 valence electrons. The predicted molar refractivity (Wildman–Crippen MR) is 111 cm³/mol. The number of aryl methyl sites for hydroxylation is 1. The van der Waals surface area contributed by atoms with Crippen molar-refractivity contribution in [2.24, 2.45) is 0 Å². The molecule has 0 heterocycles. The molecule has 0 unspecified atom stereocenters. The molecule has 2 rings (SSSR count). The first-order valence-corrected chi connectivity index (χ1v) is 10.7. The first-order chi connectivity index (χ1) is 13.7. The van der Waals surface area contributed by atoms with E-state index in [0.29, 0.717) is 11.4 Å². The molecule has 1 amide bonds. The fourth-order valence-corrected chi connectivity index (χ4v) is 3.50. The maximum Gasteiger partial charge on any atom is 0.338 e. The fraction of sp³-hybridized carbons (Fsp3) is 0.300. The summed E-state index contributed by atoms with van der Waals surface area (Å²) in [6, 6.07) is 11.3. The Bertz CT molecular complexity index is 1000. The van der Waals surface area contributed by atoms with Gasteiger partial charge in [0.1, 0.15) is 12.3 Å². The van der Waals surface area contributed by atoms with E-state index in [2.05, 4.69) is 5.32 Å². The van der Waals surface area contributed by atoms with Gasteiger partial charge in [-0.1, -0.05) is 18.2 Å². The molecule has 29 heavy (non-hydrogen) atoms. The van der Waals surface area contributed by atoms with Gasteiger partial charge in [-0.3, -0.25) is 9.10 Å². The van der Waals surface area contributed by atoms with Crippen LogP contribution in [0, 0.1) is 6.92 Å². The third-order valence-corrected chi connectivity index (χ3v) is 5.19. The van der Waals surface area contributed by atoms with Gasteiger partial charge in [0.2, 0.25) is 15.9 Å². The number of ether oxygens (including phenoxy) is 2. The van der Waals surface area contributed by atoms with Gasteiger partial charge in [-0.2, -0.15) is 0 Å². The number of hydrogen-bond donors (Lipinski definition) is 1. The van der Waals surface area contributed by atoms with Crippen LogP contribution in [0.3, 0.4) is 0 Å². The van der Waals surface area contributed by atoms with Crippen LogP contribution in [0.1, 0.15) is 22.8 Å². The van der Waals surface area contributed by atoms with Gasteiger partial charge in [0.05, 0.1) is 31.2 Å². The summed E-state index contributed by atoms with van der Waals surface area (Å²) < 4.78 is 35.7. The molecule has 9 heteroatoms. The molecule has 0 atom stereocenters. The largest absolute Gasteiger partial charge is 0.495 e. The Morgan fingerprint density at radius 2 is 1.83 bits per heavy atom. The van der Waals surface area contributed by atoms with Crippen molar-refractivity contribution in [2.45, 2.75) is 13.8 Å². The average Bonchev–Trinajstić information content (AvgIpc) is 2.67. The number of para-hydroxylation sites is 2. The van der Waals surface area contributed by atoms with Crippen LogP contribution in [0.4, 0.5) is 11.4 Å². The lowest BCUT2D eigenvalue weighted by atomic mass is 10.1. The molecule has 0 saturated heterocycles. The van der Waals surface area contributed by atoms with Crippen molar-refractivity contribution in [3.05, 3.63) is 53.6 Å². The number of carbonyl (C=O) groups excluding carboxylic acids is 2. The van der Waals surface area contributed by atoms with Crippen LogP contribution in [-0.4, -0.2) is 46.8 Å². The van der Waals surface area contributed by atoms with Gasteiger partial charge in [-0.15, -0.1) is 0 Å². The van der Waals surface area contributed by atoms with Gasteiger partial charge in [0.25, 0.3) is 0 Å². The highest BCUT2D eigenvalue weighted by Crippen LogP contribution is 2.29. The minimum Gasteiger partial charge on any atom is -0.495 e. The zero-order valence-corrected chi connectivity index (χ0v) is 17.6. The monoisotopic (exact) mass is 420 g/mol. The predicted octanol–water partition coefficient (Wildman–Crippen LogP) is 2.59. The lowest BCUT2D eigenvalue weighted by molar-refractivity contribution is -0.114. The van der Waals surface area contributed by atoms with Crippen molar-refractivity contribution in [2.75, 3.05) is 36.1 Å². The van der Waals surface area contributed by atoms with Crippen molar-refractivity contribution in [3.63, 3.8) is 0 Å². The average molecular weight is 420 g/mol. The van der Waals surface area contributed by atoms with Gasteiger partial charge in [0, 0.05) is 5.69 Å². The van der Waals surface area contributed by atoms with Gasteiger partial charge in [-0.05, 0) is 43.7 Å². The third-order valence-electron chi connectivity index (χ3n) is 4.06. The number of amides is 1. The van der Waals surface area contributed by atoms with Crippen LogP contribution in [0.25, 0.3) is 0 Å². The van der Waals surface area contributed by atoms with Crippen LogP contribution in [0.15, 0.2) is 42.5 Å². The number of nitrogens with zero attached hydrogens (tertiary/aromatic N) is 1. The molecular formula is C20H24N2O6S. The van der Waals surface area contributed by atoms with E-state index in [9.17, 15) is 18.0 Å². The molecule has 0 spiro atoms. The standard InChI is InChI=1S/C20H24N2O6S/c1-5-28-20(24)15-11-10-14(2)16(12-15)21-19(23)13-22(29(4,25)26)17-8-6-7-9-18(17)27-3/h6-12H,5,13H2,1-4H3,(H,21,23). The highest BCUT2D eigenvalue weighted by atomic mass is 32.2. The van der Waals surface area contributed by atoms with Crippen LogP contribution in [0.5, 0.6) is 5.75 Å². The molecule has 0 saturated carbocycles. The molecule has 0 aliphatic carbocycles. The number of benzene rings is 2. The SMILES string of the molecule is CCOC(=O)c1ccc(C)c(NC(=O)CN(c2ccccc2OC)S(C)(=O)=O)c1. The number of hydrogen-bond acceptors (Lipinski definition) is 6. The minimum atomic E-state index is -3.76. The van der Waals surface area contributed by atoms with E-state index >= 15 is 0 Å². The molecule has 0 aliphatic heterocycles. The van der Waals surface area contributed by atoms with Crippen molar-refractivity contribution >= 4 is 33.3 Å². The molecule has 0 aliphatic rings. The summed E-state index contributed by atoms with van der Waals surface area (Å²) in [5.41, 5.74) is 1.66. The van der Waals surface area contributed by atoms with Crippen LogP contribution < -0.4 is 14.4 Å². The molecule has 2 aromatic rings. The van der Waals surface area contributed by atoms with Crippen molar-refractivity contribution in [1.29, 1.82) is 0 Å². The number of anilines is 2. The summed E-state index contributed by atoms with van der Waals surface area (Å²) in [6.07, 6.45) is 1.01. The number of nitrogens with one attached hydrogen (secondary N) is 1. The number of esters is 1. The Kier molecular flexibility index (Phi) is 7.22. The first-order valence-electron chi connectivity index (χ1n) is 8.85. The molecule has 2 aromatic carbocycles. The van der Waals surface area contributed by atoms with Crippen molar-refractivity contribution < 1.29 is 27.5 Å². The Hall–Kier alpha value is -3.07. The maximum atomic E-state index is 12.6. The van der Waals surface area contributed by atoms with Gasteiger partial charge in [-0.25, -0.2) is 13.2 Å². The molecule has 8 nitrogen and oxygen atoms in total. The lowest BCUT2D eigenvalue weighted by Gasteiger charge is -2.23. The second-order valence-corrected chi connectivity index (χ2v) is 8.15. The molecular weight excluding hydrogens is 396 g/mol. The summed E-state index contributed by atoms with van der Waals surface area (Å²) in [5.74, 6) is -0.744. The highest BCUT2D eigenvalue weighted by Gasteiger charge is 2.24. The van der Waals surface area contributed by atoms with E-state index in [1.165, 1.54) is 13.2 Å². The third kappa shape index (κ3) is 5.71. The zero-order valence-electron chi connectivity index (χ0n) is 16.8. The Labute approximate surface area is 170 Å². The van der Waals surface area contributed by atoms with Crippen molar-refractivity contribution in [1.82, 2.24) is 0 Å². The quantitative estimate of drug-likeness (QED) is 0.659. The number of rotatable bonds is 8. The van der Waals surface area contributed by atoms with Gasteiger partial charge >= 0.3 is 5.97 Å². The normalized spacial score (nSPS) is 10.9. The maximum absolute atomic E-state index is 12.6. The summed E-state index contributed by atoms with van der Waals surface area (Å²) in [6.45, 7) is 3.24. The summed E-state index contributed by atoms with van der Waals surface area (Å²) in [4.78, 5) is 24.5. The second-order valence-electron chi connectivity index (χ2n) is 6.24. The van der Waals surface area contributed by atoms with E-state index in [-0.39, 0.29) is 17.9 Å². The van der Waals surface area contributed by atoms with Gasteiger partial charge < -0.3 is 14.8 Å². The Morgan fingerprint density at radius 1 is 1.14 bits per heavy atom. The molecule has 0 radical (unpaired) electrons. The minimum absolute atomic E-state index is 0.233. The zero-order chi connectivity index (χ0) is 21.6. The van der Waals surface area contributed by atoms with Gasteiger partial charge in [0.15, 0.2) is 0 Å². The van der Waals surface area contributed by atoms with E-state index in [1.807, 2.05) is 0 Å². The van der Waals surface area contributed by atoms with Crippen molar-refractivity contribution in [3.8, 4) is 5.75 Å². The number of methoxy groups -OCH3 is 1. The number of carbonyl (C=O) groups is 2. The highest BCUT2D eigenvalue weighted by molar-refractivity contribution is 7.92. The Morgan fingerprint density at radius 3 is 2.45 bits per heavy atom. The second kappa shape index (κ2) is 9.42. The van der Waals surface area contributed by atoms with Crippen LogP contribution in [0.2, 0.25) is 0 Å². The van der Waals surface area contributed by atoms with Crippen LogP contribution >= 0.6 is 0 Å². The smallest absolute Gasteiger partial charge is 0.338 e. The summed E-state index contributed by atoms with van der Waals surface area (Å²) >= 11 is 0. The molecule has 0 bridgehead atoms. The topological polar surface area (TPSA) is 102 Å². The first kappa shape index (κ1) is 22.2. The molecule has 0 aromatic heterocycles. The molecule has 0 fully saturated rings. The van der Waals surface area contributed by atoms with Crippen LogP contribution in [-0.2, 0) is 19.6 Å². The summed E-state index contributed by atoms with van der Waals surface area (Å²) in [5, 5.41) is 2.66. The number of sulfonamides is 1. The Balaban J connectivity index is 2.28.